The number of nitrogens with one attached hydrogen (secondary N) is 2. The average molecular weight is 332 g/mol. The maximum absolute atomic E-state index is 12.3. The fraction of sp³-hybridized carbons (Fsp3) is 0.833. The number of carbonyl (C=O) groups excluding carboxylic acids is 2. The minimum atomic E-state index is -0.647. The van der Waals surface area contributed by atoms with Crippen molar-refractivity contribution >= 4 is 11.8 Å². The number of carbonyl (C=O) groups is 2. The topological polar surface area (TPSA) is 85.2 Å². The fourth-order valence-corrected chi connectivity index (χ4v) is 3.83. The molecule has 0 aromatic heterocycles. The van der Waals surface area contributed by atoms with Gasteiger partial charge in [-0.15, -0.1) is 0 Å². The van der Waals surface area contributed by atoms with Gasteiger partial charge in [0.05, 0.1) is 12.6 Å². The van der Waals surface area contributed by atoms with Crippen LogP contribution in [-0.4, -0.2) is 47.9 Å². The first-order valence-electron chi connectivity index (χ1n) is 9.35. The molecule has 0 spiro atoms. The van der Waals surface area contributed by atoms with Gasteiger partial charge in [0, 0.05) is 25.0 Å². The molecule has 24 heavy (non-hydrogen) atoms. The molecular formula is C18H28N4O2. The zero-order valence-electron chi connectivity index (χ0n) is 14.4. The van der Waals surface area contributed by atoms with Crippen molar-refractivity contribution in [3.05, 3.63) is 0 Å². The van der Waals surface area contributed by atoms with Gasteiger partial charge in [-0.1, -0.05) is 19.3 Å². The largest absolute Gasteiger partial charge is 0.353 e. The van der Waals surface area contributed by atoms with E-state index in [-0.39, 0.29) is 23.8 Å². The summed E-state index contributed by atoms with van der Waals surface area (Å²) in [5, 5.41) is 15.6. The van der Waals surface area contributed by atoms with Crippen LogP contribution < -0.4 is 10.6 Å². The Labute approximate surface area is 144 Å². The van der Waals surface area contributed by atoms with Gasteiger partial charge in [0.1, 0.15) is 5.54 Å². The van der Waals surface area contributed by atoms with Crippen LogP contribution in [0.1, 0.15) is 57.8 Å². The smallest absolute Gasteiger partial charge is 0.235 e. The molecular weight excluding hydrogens is 304 g/mol. The summed E-state index contributed by atoms with van der Waals surface area (Å²) in [7, 11) is 0. The van der Waals surface area contributed by atoms with Crippen LogP contribution in [0.15, 0.2) is 0 Å². The first-order chi connectivity index (χ1) is 11.6. The zero-order chi connectivity index (χ0) is 17.0. The number of rotatable bonds is 5. The second-order valence-corrected chi connectivity index (χ2v) is 7.64. The number of likely N-dealkylation sites (tertiary alicyclic amines) is 1. The van der Waals surface area contributed by atoms with Gasteiger partial charge < -0.3 is 10.6 Å². The summed E-state index contributed by atoms with van der Waals surface area (Å²) < 4.78 is 0. The van der Waals surface area contributed by atoms with E-state index in [1.54, 1.807) is 0 Å². The molecule has 2 aliphatic carbocycles. The van der Waals surface area contributed by atoms with Crippen molar-refractivity contribution < 1.29 is 9.59 Å². The molecule has 2 amide bonds. The molecule has 1 saturated heterocycles. The van der Waals surface area contributed by atoms with Crippen molar-refractivity contribution in [1.82, 2.24) is 15.5 Å². The number of piperidine rings is 1. The Morgan fingerprint density at radius 1 is 1.08 bits per heavy atom. The molecule has 0 aromatic carbocycles. The first-order valence-corrected chi connectivity index (χ1v) is 9.35. The van der Waals surface area contributed by atoms with Crippen LogP contribution in [0.4, 0.5) is 0 Å². The Bertz CT molecular complexity index is 510. The van der Waals surface area contributed by atoms with Gasteiger partial charge in [-0.05, 0) is 38.5 Å². The average Bonchev–Trinajstić information content (AvgIpc) is 3.42. The van der Waals surface area contributed by atoms with Crippen LogP contribution in [0, 0.1) is 17.2 Å². The van der Waals surface area contributed by atoms with Crippen molar-refractivity contribution in [2.24, 2.45) is 5.92 Å². The van der Waals surface area contributed by atoms with Gasteiger partial charge in [-0.3, -0.25) is 14.5 Å². The Morgan fingerprint density at radius 3 is 2.33 bits per heavy atom. The third-order valence-corrected chi connectivity index (χ3v) is 5.55. The molecule has 0 bridgehead atoms. The quantitative estimate of drug-likeness (QED) is 0.795. The summed E-state index contributed by atoms with van der Waals surface area (Å²) in [6.45, 7) is 2.00. The van der Waals surface area contributed by atoms with E-state index in [1.165, 1.54) is 0 Å². The van der Waals surface area contributed by atoms with E-state index in [4.69, 9.17) is 0 Å². The van der Waals surface area contributed by atoms with Gasteiger partial charge in [0.15, 0.2) is 0 Å². The summed E-state index contributed by atoms with van der Waals surface area (Å²) in [4.78, 5) is 26.3. The Morgan fingerprint density at radius 2 is 1.75 bits per heavy atom. The predicted octanol–water partition coefficient (Wildman–Crippen LogP) is 1.32. The van der Waals surface area contributed by atoms with E-state index in [9.17, 15) is 14.9 Å². The molecule has 3 rings (SSSR count). The van der Waals surface area contributed by atoms with Crippen LogP contribution in [0.2, 0.25) is 0 Å². The molecule has 1 heterocycles. The summed E-state index contributed by atoms with van der Waals surface area (Å²) in [6, 6.07) is 2.58. The Hall–Kier alpha value is -1.61. The predicted molar refractivity (Wildman–Crippen MR) is 89.9 cm³/mol. The van der Waals surface area contributed by atoms with Crippen LogP contribution >= 0.6 is 0 Å². The molecule has 6 nitrogen and oxygen atoms in total. The molecule has 0 radical (unpaired) electrons. The van der Waals surface area contributed by atoms with E-state index in [1.807, 2.05) is 0 Å². The van der Waals surface area contributed by atoms with Gasteiger partial charge in [-0.2, -0.15) is 5.26 Å². The summed E-state index contributed by atoms with van der Waals surface area (Å²) in [5.41, 5.74) is -0.647. The Balaban J connectivity index is 1.39. The van der Waals surface area contributed by atoms with Crippen LogP contribution in [0.5, 0.6) is 0 Å². The highest BCUT2D eigenvalue weighted by Gasteiger charge is 2.35. The van der Waals surface area contributed by atoms with Crippen LogP contribution in [-0.2, 0) is 9.59 Å². The van der Waals surface area contributed by atoms with Crippen LogP contribution in [0.3, 0.4) is 0 Å². The van der Waals surface area contributed by atoms with Crippen molar-refractivity contribution in [2.75, 3.05) is 19.6 Å². The molecule has 6 heteroatoms. The third-order valence-electron chi connectivity index (χ3n) is 5.55. The molecule has 3 aliphatic rings. The summed E-state index contributed by atoms with van der Waals surface area (Å²) in [6.07, 6.45) is 8.58. The van der Waals surface area contributed by atoms with E-state index in [0.29, 0.717) is 6.54 Å². The lowest BCUT2D eigenvalue weighted by Crippen LogP contribution is -2.53. The number of hydrogen-bond acceptors (Lipinski definition) is 4. The molecule has 2 N–H and O–H groups in total. The fourth-order valence-electron chi connectivity index (χ4n) is 3.83. The van der Waals surface area contributed by atoms with Crippen LogP contribution in [0.25, 0.3) is 0 Å². The number of nitriles is 1. The number of amides is 2. The number of hydrogen-bond donors (Lipinski definition) is 2. The molecule has 0 atom stereocenters. The van der Waals surface area contributed by atoms with Gasteiger partial charge in [0.25, 0.3) is 0 Å². The number of nitrogens with zero attached hydrogens (tertiary/aromatic N) is 2. The minimum Gasteiger partial charge on any atom is -0.353 e. The molecule has 3 fully saturated rings. The first kappa shape index (κ1) is 17.2. The Kier molecular flexibility index (Phi) is 5.40. The van der Waals surface area contributed by atoms with Gasteiger partial charge in [-0.25, -0.2) is 0 Å². The lowest BCUT2D eigenvalue weighted by Gasteiger charge is -2.34. The SMILES string of the molecule is N#CC1(NC(=O)CN2CCC(NC(=O)C3CC3)CC2)CCCCC1. The lowest BCUT2D eigenvalue weighted by molar-refractivity contribution is -0.125. The molecule has 1 aliphatic heterocycles. The second-order valence-electron chi connectivity index (χ2n) is 7.64. The van der Waals surface area contributed by atoms with E-state index in [2.05, 4.69) is 21.6 Å². The summed E-state index contributed by atoms with van der Waals surface area (Å²) >= 11 is 0. The van der Waals surface area contributed by atoms with Gasteiger partial charge in [0.2, 0.25) is 11.8 Å². The zero-order valence-corrected chi connectivity index (χ0v) is 14.4. The second kappa shape index (κ2) is 7.52. The van der Waals surface area contributed by atoms with Crippen molar-refractivity contribution in [3.63, 3.8) is 0 Å². The maximum Gasteiger partial charge on any atom is 0.235 e. The monoisotopic (exact) mass is 332 g/mol. The van der Waals surface area contributed by atoms with E-state index >= 15 is 0 Å². The standard InChI is InChI=1S/C18H28N4O2/c19-13-18(8-2-1-3-9-18)21-16(23)12-22-10-6-15(7-11-22)20-17(24)14-4-5-14/h14-15H,1-12H2,(H,20,24)(H,21,23). The third kappa shape index (κ3) is 4.47. The highest BCUT2D eigenvalue weighted by atomic mass is 16.2. The maximum atomic E-state index is 12.3. The normalized spacial score (nSPS) is 24.8. The lowest BCUT2D eigenvalue weighted by atomic mass is 9.83. The molecule has 0 aromatic rings. The minimum absolute atomic E-state index is 0.0427. The van der Waals surface area contributed by atoms with Crippen molar-refractivity contribution in [3.8, 4) is 6.07 Å². The van der Waals surface area contributed by atoms with Gasteiger partial charge >= 0.3 is 0 Å². The highest BCUT2D eigenvalue weighted by molar-refractivity contribution is 5.81. The molecule has 0 unspecified atom stereocenters. The summed E-state index contributed by atoms with van der Waals surface area (Å²) in [5.74, 6) is 0.421. The van der Waals surface area contributed by atoms with E-state index in [0.717, 1.165) is 70.9 Å². The highest BCUT2D eigenvalue weighted by Crippen LogP contribution is 2.29. The molecule has 132 valence electrons. The molecule has 2 saturated carbocycles. The van der Waals surface area contributed by atoms with Crippen molar-refractivity contribution in [2.45, 2.75) is 69.4 Å². The van der Waals surface area contributed by atoms with Crippen molar-refractivity contribution in [1.29, 1.82) is 5.26 Å². The van der Waals surface area contributed by atoms with E-state index < -0.39 is 5.54 Å².